The second-order valence-corrected chi connectivity index (χ2v) is 8.61. The van der Waals surface area contributed by atoms with E-state index in [4.69, 9.17) is 0 Å². The molecular weight excluding hydrogens is 452 g/mol. The quantitative estimate of drug-likeness (QED) is 0.177. The third kappa shape index (κ3) is 4.84. The molecule has 0 unspecified atom stereocenters. The summed E-state index contributed by atoms with van der Waals surface area (Å²) in [6, 6.07) is 19.1. The van der Waals surface area contributed by atoms with Crippen LogP contribution in [0, 0.1) is 17.0 Å². The largest absolute Gasteiger partial charge is 0.325 e. The van der Waals surface area contributed by atoms with Gasteiger partial charge in [-0.2, -0.15) is 0 Å². The Labute approximate surface area is 199 Å². The Morgan fingerprint density at radius 3 is 2.56 bits per heavy atom. The zero-order valence-electron chi connectivity index (χ0n) is 18.6. The van der Waals surface area contributed by atoms with E-state index < -0.39 is 4.92 Å². The molecule has 1 aromatic heterocycles. The maximum Gasteiger partial charge on any atom is 0.271 e. The number of benzene rings is 3. The van der Waals surface area contributed by atoms with Crippen molar-refractivity contribution in [3.63, 3.8) is 0 Å². The average molecular weight is 475 g/mol. The molecule has 4 rings (SSSR count). The number of carbonyl (C=O) groups is 1. The van der Waals surface area contributed by atoms with Crippen molar-refractivity contribution in [1.82, 2.24) is 9.55 Å². The van der Waals surface area contributed by atoms with Gasteiger partial charge in [-0.3, -0.25) is 24.3 Å². The number of anilines is 1. The number of fused-ring (bicyclic) bond motifs is 1. The lowest BCUT2D eigenvalue weighted by molar-refractivity contribution is -0.384. The minimum atomic E-state index is -0.509. The minimum absolute atomic E-state index is 0.0278. The molecule has 172 valence electrons. The van der Waals surface area contributed by atoms with Crippen LogP contribution in [0.2, 0.25) is 0 Å². The number of nitro benzene ring substituents is 1. The Morgan fingerprint density at radius 2 is 1.85 bits per heavy atom. The van der Waals surface area contributed by atoms with Crippen molar-refractivity contribution < 1.29 is 9.72 Å². The molecule has 0 aliphatic rings. The standard InChI is InChI=1S/C25H22N4O4S/c1-3-17-9-12-18(13-10-17)28-24(31)20-6-4-5-7-21(20)27-25(28)34-15-23(30)26-22-14-19(29(32)33)11-8-16(22)2/h4-14H,3,15H2,1-2H3,(H,26,30). The van der Waals surface area contributed by atoms with Crippen molar-refractivity contribution in [3.8, 4) is 5.69 Å². The molecule has 0 atom stereocenters. The molecule has 0 radical (unpaired) electrons. The molecule has 1 heterocycles. The maximum absolute atomic E-state index is 13.3. The zero-order chi connectivity index (χ0) is 24.2. The molecule has 3 aromatic carbocycles. The molecule has 0 fully saturated rings. The van der Waals surface area contributed by atoms with Gasteiger partial charge in [-0.15, -0.1) is 0 Å². The Bertz CT molecular complexity index is 1450. The zero-order valence-corrected chi connectivity index (χ0v) is 19.5. The summed E-state index contributed by atoms with van der Waals surface area (Å²) in [6.07, 6.45) is 0.879. The number of hydrogen-bond acceptors (Lipinski definition) is 6. The van der Waals surface area contributed by atoms with Gasteiger partial charge < -0.3 is 5.32 Å². The third-order valence-corrected chi connectivity index (χ3v) is 6.32. The molecule has 1 N–H and O–H groups in total. The first-order valence-corrected chi connectivity index (χ1v) is 11.6. The molecule has 0 bridgehead atoms. The van der Waals surface area contributed by atoms with Crippen LogP contribution in [-0.2, 0) is 11.2 Å². The van der Waals surface area contributed by atoms with Crippen LogP contribution in [0.5, 0.6) is 0 Å². The smallest absolute Gasteiger partial charge is 0.271 e. The third-order valence-electron chi connectivity index (χ3n) is 5.39. The van der Waals surface area contributed by atoms with Crippen LogP contribution in [-0.4, -0.2) is 26.1 Å². The molecular formula is C25H22N4O4S. The summed E-state index contributed by atoms with van der Waals surface area (Å²) in [5.74, 6) is -0.385. The lowest BCUT2D eigenvalue weighted by Crippen LogP contribution is -2.23. The Morgan fingerprint density at radius 1 is 1.12 bits per heavy atom. The average Bonchev–Trinajstić information content (AvgIpc) is 2.84. The predicted molar refractivity (Wildman–Crippen MR) is 134 cm³/mol. The number of para-hydroxylation sites is 1. The first kappa shape index (κ1) is 23.2. The van der Waals surface area contributed by atoms with Crippen LogP contribution in [0.4, 0.5) is 11.4 Å². The number of nitro groups is 1. The highest BCUT2D eigenvalue weighted by atomic mass is 32.2. The summed E-state index contributed by atoms with van der Waals surface area (Å²) in [5.41, 5.74) is 3.12. The van der Waals surface area contributed by atoms with Gasteiger partial charge in [-0.1, -0.05) is 49.0 Å². The van der Waals surface area contributed by atoms with Crippen LogP contribution in [0.3, 0.4) is 0 Å². The van der Waals surface area contributed by atoms with E-state index in [9.17, 15) is 19.7 Å². The number of hydrogen-bond donors (Lipinski definition) is 1. The summed E-state index contributed by atoms with van der Waals surface area (Å²) in [4.78, 5) is 41.2. The fourth-order valence-corrected chi connectivity index (χ4v) is 4.30. The van der Waals surface area contributed by atoms with Crippen LogP contribution in [0.25, 0.3) is 16.6 Å². The number of amides is 1. The topological polar surface area (TPSA) is 107 Å². The first-order valence-electron chi connectivity index (χ1n) is 10.7. The number of non-ortho nitro benzene ring substituents is 1. The van der Waals surface area contributed by atoms with E-state index in [0.29, 0.717) is 33.0 Å². The van der Waals surface area contributed by atoms with Crippen molar-refractivity contribution in [2.75, 3.05) is 11.1 Å². The van der Waals surface area contributed by atoms with Gasteiger partial charge in [0.1, 0.15) is 0 Å². The fraction of sp³-hybridized carbons (Fsp3) is 0.160. The monoisotopic (exact) mass is 474 g/mol. The molecule has 0 saturated carbocycles. The molecule has 4 aromatic rings. The van der Waals surface area contributed by atoms with Crippen molar-refractivity contribution in [3.05, 3.63) is 98.3 Å². The molecule has 0 spiro atoms. The van der Waals surface area contributed by atoms with Gasteiger partial charge in [0.25, 0.3) is 11.2 Å². The lowest BCUT2D eigenvalue weighted by Gasteiger charge is -2.14. The SMILES string of the molecule is CCc1ccc(-n2c(SCC(=O)Nc3cc([N+](=O)[O-])ccc3C)nc3ccccc3c2=O)cc1. The molecule has 0 aliphatic carbocycles. The Hall–Kier alpha value is -3.98. The van der Waals surface area contributed by atoms with Crippen molar-refractivity contribution in [2.45, 2.75) is 25.4 Å². The predicted octanol–water partition coefficient (Wildman–Crippen LogP) is 4.90. The molecule has 0 saturated heterocycles. The summed E-state index contributed by atoms with van der Waals surface area (Å²) < 4.78 is 1.51. The van der Waals surface area contributed by atoms with Gasteiger partial charge in [0, 0.05) is 12.1 Å². The Kier molecular flexibility index (Phi) is 6.74. The maximum atomic E-state index is 13.3. The summed E-state index contributed by atoms with van der Waals surface area (Å²) in [7, 11) is 0. The Balaban J connectivity index is 1.65. The number of rotatable bonds is 7. The van der Waals surface area contributed by atoms with E-state index in [0.717, 1.165) is 23.7 Å². The fourth-order valence-electron chi connectivity index (χ4n) is 3.49. The van der Waals surface area contributed by atoms with Crippen molar-refractivity contribution in [1.29, 1.82) is 0 Å². The number of aromatic nitrogens is 2. The molecule has 9 heteroatoms. The van der Waals surface area contributed by atoms with E-state index in [2.05, 4.69) is 17.2 Å². The second-order valence-electron chi connectivity index (χ2n) is 7.67. The van der Waals surface area contributed by atoms with E-state index in [-0.39, 0.29) is 22.9 Å². The van der Waals surface area contributed by atoms with E-state index in [1.165, 1.54) is 16.7 Å². The van der Waals surface area contributed by atoms with Crippen molar-refractivity contribution >= 4 is 39.9 Å². The van der Waals surface area contributed by atoms with Crippen molar-refractivity contribution in [2.24, 2.45) is 0 Å². The van der Waals surface area contributed by atoms with Crippen LogP contribution in [0.1, 0.15) is 18.1 Å². The molecule has 1 amide bonds. The second kappa shape index (κ2) is 9.88. The number of carbonyl (C=O) groups excluding carboxylic acids is 1. The van der Waals surface area contributed by atoms with Gasteiger partial charge in [-0.25, -0.2) is 4.98 Å². The van der Waals surface area contributed by atoms with Gasteiger partial charge in [0.2, 0.25) is 5.91 Å². The van der Waals surface area contributed by atoms with Gasteiger partial charge in [-0.05, 0) is 48.7 Å². The van der Waals surface area contributed by atoms with Crippen LogP contribution in [0.15, 0.2) is 76.7 Å². The van der Waals surface area contributed by atoms with Gasteiger partial charge >= 0.3 is 0 Å². The summed E-state index contributed by atoms with van der Waals surface area (Å²) in [5, 5.41) is 14.7. The number of thioether (sulfide) groups is 1. The highest BCUT2D eigenvalue weighted by Crippen LogP contribution is 2.24. The highest BCUT2D eigenvalue weighted by Gasteiger charge is 2.16. The molecule has 8 nitrogen and oxygen atoms in total. The summed E-state index contributed by atoms with van der Waals surface area (Å²) in [6.45, 7) is 3.82. The van der Waals surface area contributed by atoms with Gasteiger partial charge in [0.15, 0.2) is 5.16 Å². The summed E-state index contributed by atoms with van der Waals surface area (Å²) >= 11 is 1.13. The molecule has 34 heavy (non-hydrogen) atoms. The van der Waals surface area contributed by atoms with Crippen LogP contribution < -0.4 is 10.9 Å². The van der Waals surface area contributed by atoms with Gasteiger partial charge in [0.05, 0.1) is 33.0 Å². The number of nitrogens with zero attached hydrogens (tertiary/aromatic N) is 3. The minimum Gasteiger partial charge on any atom is -0.325 e. The van der Waals surface area contributed by atoms with Crippen LogP contribution >= 0.6 is 11.8 Å². The normalized spacial score (nSPS) is 10.9. The highest BCUT2D eigenvalue weighted by molar-refractivity contribution is 7.99. The first-order chi connectivity index (χ1) is 16.4. The lowest BCUT2D eigenvalue weighted by atomic mass is 10.1. The number of nitrogens with one attached hydrogen (secondary N) is 1. The van der Waals surface area contributed by atoms with E-state index in [1.807, 2.05) is 24.3 Å². The van der Waals surface area contributed by atoms with E-state index >= 15 is 0 Å². The molecule has 0 aliphatic heterocycles. The number of aryl methyl sites for hydroxylation is 2. The van der Waals surface area contributed by atoms with E-state index in [1.54, 1.807) is 37.3 Å².